The number of nitrogens with zero attached hydrogens (tertiary/aromatic N) is 4. The van der Waals surface area contributed by atoms with E-state index in [1.165, 1.54) is 114 Å². The van der Waals surface area contributed by atoms with Crippen molar-refractivity contribution in [2.45, 2.75) is 166 Å². The van der Waals surface area contributed by atoms with Crippen molar-refractivity contribution in [3.63, 3.8) is 0 Å². The highest BCUT2D eigenvalue weighted by Crippen LogP contribution is 2.39. The first-order chi connectivity index (χ1) is 27.3. The molecule has 310 valence electrons. The lowest BCUT2D eigenvalue weighted by Crippen LogP contribution is -2.43. The van der Waals surface area contributed by atoms with Crippen LogP contribution in [-0.2, 0) is 29.8 Å². The predicted molar refractivity (Wildman–Crippen MR) is 218 cm³/mol. The first-order valence-electron chi connectivity index (χ1n) is 20.9. The Morgan fingerprint density at radius 1 is 1.00 bits per heavy atom. The number of anilines is 1. The number of aromatic nitrogens is 4. The molecule has 4 rings (SSSR count). The van der Waals surface area contributed by atoms with Crippen LogP contribution >= 0.6 is 8.18 Å². The first-order valence-corrected chi connectivity index (χ1v) is 22.2. The van der Waals surface area contributed by atoms with E-state index in [1.807, 2.05) is 30.3 Å². The molecule has 56 heavy (non-hydrogen) atoms. The van der Waals surface area contributed by atoms with E-state index >= 15 is 0 Å². The number of nitrogens with one attached hydrogen (secondary N) is 1. The van der Waals surface area contributed by atoms with Gasteiger partial charge in [0.15, 0.2) is 22.6 Å². The molecule has 2 aromatic heterocycles. The van der Waals surface area contributed by atoms with Gasteiger partial charge in [0.2, 0.25) is 0 Å². The Hall–Kier alpha value is -3.40. The van der Waals surface area contributed by atoms with Crippen LogP contribution in [0.1, 0.15) is 147 Å². The third kappa shape index (κ3) is 14.8. The van der Waals surface area contributed by atoms with E-state index in [-0.39, 0.29) is 36.4 Å². The molecule has 14 heteroatoms. The van der Waals surface area contributed by atoms with E-state index in [1.54, 1.807) is 0 Å². The minimum Gasteiger partial charge on any atom is -0.465 e. The number of aliphatic hydroxyl groups is 1. The number of benzene rings is 1. The SMILES string of the molecule is C#C[C@]1(CO[PH](=O)N[C@@H](Cc2ccccc2)C(=O)OCCCCCCCCCCCCCCCCCCCCC)O[C@@H](n2cnc3c(N)nc(F)nc32)C[C@@H]1O. The van der Waals surface area contributed by atoms with Gasteiger partial charge in [0, 0.05) is 6.42 Å². The molecule has 0 saturated carbocycles. The van der Waals surface area contributed by atoms with E-state index in [9.17, 15) is 18.9 Å². The van der Waals surface area contributed by atoms with Crippen LogP contribution < -0.4 is 10.8 Å². The zero-order valence-electron chi connectivity index (χ0n) is 33.3. The fraction of sp³-hybridized carbons (Fsp3) is 0.667. The Labute approximate surface area is 333 Å². The summed E-state index contributed by atoms with van der Waals surface area (Å²) in [6, 6.07) is 8.41. The number of unbranched alkanes of at least 4 members (excludes halogenated alkanes) is 18. The smallest absolute Gasteiger partial charge is 0.323 e. The summed E-state index contributed by atoms with van der Waals surface area (Å²) in [6.07, 6.45) is 28.6. The van der Waals surface area contributed by atoms with Gasteiger partial charge in [-0.05, 0) is 18.4 Å². The molecule has 1 aromatic carbocycles. The van der Waals surface area contributed by atoms with Gasteiger partial charge >= 0.3 is 12.0 Å². The highest BCUT2D eigenvalue weighted by molar-refractivity contribution is 7.36. The zero-order chi connectivity index (χ0) is 40.0. The minimum absolute atomic E-state index is 0.0126. The number of nitrogen functional groups attached to an aromatic ring is 1. The van der Waals surface area contributed by atoms with E-state index in [0.717, 1.165) is 24.8 Å². The van der Waals surface area contributed by atoms with E-state index < -0.39 is 50.8 Å². The van der Waals surface area contributed by atoms with E-state index in [2.05, 4.69) is 32.9 Å². The molecule has 1 aliphatic rings. The molecule has 12 nitrogen and oxygen atoms in total. The van der Waals surface area contributed by atoms with E-state index in [0.29, 0.717) is 0 Å². The third-order valence-electron chi connectivity index (χ3n) is 10.6. The lowest BCUT2D eigenvalue weighted by atomic mass is 9.99. The maximum absolute atomic E-state index is 13.9. The number of aliphatic hydroxyl groups excluding tert-OH is 1. The highest BCUT2D eigenvalue weighted by atomic mass is 31.1. The standard InChI is InChI=1S/C42H64FN6O6P/c1-3-5-6-7-8-9-10-11-12-13-14-15-16-17-18-19-20-21-25-28-53-40(51)34(29-33-26-23-22-24-27-33)48-56(52)54-31-42(4-2)35(50)30-36(55-42)49-32-45-37-38(44)46-41(43)47-39(37)49/h2,22-24,26-27,32,34-36,50,56H,3,5-21,25,28-31H2,1H3,(H,48,52)(H2,44,46,47)/t34-,35-,36+,42+/m0/s1. The topological polar surface area (TPSA) is 164 Å². The van der Waals surface area contributed by atoms with Crippen molar-refractivity contribution in [1.82, 2.24) is 24.6 Å². The predicted octanol–water partition coefficient (Wildman–Crippen LogP) is 8.78. The second-order valence-corrected chi connectivity index (χ2v) is 16.2. The number of esters is 1. The number of rotatable bonds is 29. The van der Waals surface area contributed by atoms with Crippen LogP contribution in [-0.4, -0.2) is 61.6 Å². The van der Waals surface area contributed by atoms with Gasteiger partial charge < -0.3 is 24.8 Å². The molecule has 4 N–H and O–H groups in total. The number of terminal acetylenes is 1. The van der Waals surface area contributed by atoms with Crippen LogP contribution in [0.3, 0.4) is 0 Å². The maximum Gasteiger partial charge on any atom is 0.323 e. The number of nitrogens with two attached hydrogens (primary N) is 1. The zero-order valence-corrected chi connectivity index (χ0v) is 34.3. The second-order valence-electron chi connectivity index (χ2n) is 15.1. The summed E-state index contributed by atoms with van der Waals surface area (Å²) in [7, 11) is -3.08. The summed E-state index contributed by atoms with van der Waals surface area (Å²) in [6.45, 7) is 2.10. The quantitative estimate of drug-likeness (QED) is 0.0202. The molecule has 0 amide bonds. The van der Waals surface area contributed by atoms with Gasteiger partial charge in [-0.2, -0.15) is 14.4 Å². The summed E-state index contributed by atoms with van der Waals surface area (Å²) < 4.78 is 45.8. The molecular weight excluding hydrogens is 734 g/mol. The van der Waals surface area contributed by atoms with Crippen molar-refractivity contribution >= 4 is 31.1 Å². The van der Waals surface area contributed by atoms with Gasteiger partial charge in [0.05, 0.1) is 19.5 Å². The van der Waals surface area contributed by atoms with Gasteiger partial charge in [-0.15, -0.1) is 6.42 Å². The van der Waals surface area contributed by atoms with Crippen LogP contribution in [0, 0.1) is 18.4 Å². The number of imidazole rings is 1. The molecule has 1 unspecified atom stereocenters. The average Bonchev–Trinajstić information content (AvgIpc) is 3.77. The summed E-state index contributed by atoms with van der Waals surface area (Å²) in [5.41, 5.74) is 5.18. The van der Waals surface area contributed by atoms with Gasteiger partial charge in [0.25, 0.3) is 8.18 Å². The maximum atomic E-state index is 13.9. The third-order valence-corrected chi connectivity index (χ3v) is 11.5. The highest BCUT2D eigenvalue weighted by Gasteiger charge is 2.49. The number of ether oxygens (including phenoxy) is 2. The van der Waals surface area contributed by atoms with Crippen LogP contribution in [0.2, 0.25) is 0 Å². The van der Waals surface area contributed by atoms with Gasteiger partial charge in [-0.1, -0.05) is 159 Å². The molecular formula is C42H64FN6O6P. The van der Waals surface area contributed by atoms with Crippen LogP contribution in [0.4, 0.5) is 10.2 Å². The number of hydrogen-bond donors (Lipinski definition) is 3. The molecule has 1 aliphatic heterocycles. The first kappa shape index (κ1) is 45.3. The fourth-order valence-electron chi connectivity index (χ4n) is 7.20. The molecule has 0 radical (unpaired) electrons. The van der Waals surface area contributed by atoms with Crippen LogP contribution in [0.15, 0.2) is 36.7 Å². The van der Waals surface area contributed by atoms with Gasteiger partial charge in [-0.3, -0.25) is 13.9 Å². The molecule has 5 atom stereocenters. The Balaban J connectivity index is 1.12. The van der Waals surface area contributed by atoms with Crippen molar-refractivity contribution in [1.29, 1.82) is 0 Å². The molecule has 3 heterocycles. The normalized spacial score (nSPS) is 19.2. The molecule has 0 spiro atoms. The van der Waals surface area contributed by atoms with Crippen molar-refractivity contribution in [2.24, 2.45) is 0 Å². The van der Waals surface area contributed by atoms with E-state index in [4.69, 9.17) is 26.2 Å². The average molecular weight is 799 g/mol. The number of fused-ring (bicyclic) bond motifs is 1. The van der Waals surface area contributed by atoms with Crippen molar-refractivity contribution in [3.05, 3.63) is 48.3 Å². The molecule has 1 fully saturated rings. The molecule has 1 saturated heterocycles. The molecule has 0 bridgehead atoms. The number of carbonyl (C=O) groups is 1. The van der Waals surface area contributed by atoms with Gasteiger partial charge in [-0.25, -0.2) is 10.1 Å². The van der Waals surface area contributed by atoms with Crippen molar-refractivity contribution in [2.75, 3.05) is 18.9 Å². The fourth-order valence-corrected chi connectivity index (χ4v) is 8.13. The Kier molecular flexibility index (Phi) is 20.3. The Morgan fingerprint density at radius 2 is 1.57 bits per heavy atom. The lowest BCUT2D eigenvalue weighted by Gasteiger charge is -2.26. The lowest BCUT2D eigenvalue weighted by molar-refractivity contribution is -0.145. The summed E-state index contributed by atoms with van der Waals surface area (Å²) in [5.74, 6) is 1.77. The summed E-state index contributed by atoms with van der Waals surface area (Å²) >= 11 is 0. The number of hydrogen-bond acceptors (Lipinski definition) is 10. The van der Waals surface area contributed by atoms with Crippen molar-refractivity contribution < 1.29 is 32.9 Å². The summed E-state index contributed by atoms with van der Waals surface area (Å²) in [4.78, 5) is 24.6. The largest absolute Gasteiger partial charge is 0.465 e. The second kappa shape index (κ2) is 25.1. The summed E-state index contributed by atoms with van der Waals surface area (Å²) in [5, 5.41) is 13.7. The molecule has 3 aromatic rings. The monoisotopic (exact) mass is 798 g/mol. The number of halogens is 1. The van der Waals surface area contributed by atoms with Crippen LogP contribution in [0.25, 0.3) is 11.2 Å². The van der Waals surface area contributed by atoms with Gasteiger partial charge in [0.1, 0.15) is 18.4 Å². The molecule has 0 aliphatic carbocycles. The minimum atomic E-state index is -3.08. The number of carbonyl (C=O) groups excluding carboxylic acids is 1. The van der Waals surface area contributed by atoms with Crippen molar-refractivity contribution in [3.8, 4) is 12.3 Å². The Morgan fingerprint density at radius 3 is 2.14 bits per heavy atom. The van der Waals surface area contributed by atoms with Crippen LogP contribution in [0.5, 0.6) is 0 Å². The Bertz CT molecular complexity index is 1660.